The number of benzene rings is 1. The number of ether oxygens (including phenoxy) is 2. The number of aromatic nitrogens is 1. The molecule has 2 fully saturated rings. The zero-order valence-electron chi connectivity index (χ0n) is 12.7. The molecule has 0 saturated carbocycles. The fourth-order valence-corrected chi connectivity index (χ4v) is 3.56. The maximum absolute atomic E-state index is 6.19. The predicted octanol–water partition coefficient (Wildman–Crippen LogP) is 4.19. The van der Waals surface area contributed by atoms with Crippen molar-refractivity contribution in [1.29, 1.82) is 0 Å². The van der Waals surface area contributed by atoms with Crippen LogP contribution in [0.3, 0.4) is 0 Å². The lowest BCUT2D eigenvalue weighted by molar-refractivity contribution is 0.131. The third-order valence-electron chi connectivity index (χ3n) is 4.46. The Hall–Kier alpha value is -1.78. The van der Waals surface area contributed by atoms with Crippen LogP contribution in [0.2, 0.25) is 5.02 Å². The molecule has 4 rings (SSSR count). The first-order chi connectivity index (χ1) is 11.3. The van der Waals surface area contributed by atoms with Gasteiger partial charge in [0.25, 0.3) is 0 Å². The van der Waals surface area contributed by atoms with Gasteiger partial charge in [-0.25, -0.2) is 0 Å². The summed E-state index contributed by atoms with van der Waals surface area (Å²) < 4.78 is 11.8. The number of nitrogens with zero attached hydrogens (tertiary/aromatic N) is 1. The highest BCUT2D eigenvalue weighted by Crippen LogP contribution is 2.32. The normalized spacial score (nSPS) is 26.0. The van der Waals surface area contributed by atoms with E-state index < -0.39 is 0 Å². The lowest BCUT2D eigenvalue weighted by atomic mass is 10.0. The largest absolute Gasteiger partial charge is 0.474 e. The van der Waals surface area contributed by atoms with Gasteiger partial charge < -0.3 is 14.8 Å². The molecule has 1 aromatic heterocycles. The third kappa shape index (κ3) is 3.43. The minimum Gasteiger partial charge on any atom is -0.474 e. The van der Waals surface area contributed by atoms with Gasteiger partial charge in [0.15, 0.2) is 0 Å². The summed E-state index contributed by atoms with van der Waals surface area (Å²) in [5.74, 6) is 1.66. The first-order valence-electron chi connectivity index (χ1n) is 8.08. The molecule has 0 spiro atoms. The quantitative estimate of drug-likeness (QED) is 0.913. The van der Waals surface area contributed by atoms with E-state index in [2.05, 4.69) is 10.3 Å². The number of pyridine rings is 1. The standard InChI is InChI=1S/C18H19ClN2O2/c19-16-8-9-17(21-18(16)23-14-4-2-1-3-5-14)22-15-10-12-6-7-13(11-15)20-12/h1-5,8-9,12-13,15,20H,6-7,10-11H2. The van der Waals surface area contributed by atoms with Crippen molar-refractivity contribution in [3.05, 3.63) is 47.5 Å². The van der Waals surface area contributed by atoms with Crippen molar-refractivity contribution in [2.45, 2.75) is 43.9 Å². The topological polar surface area (TPSA) is 43.4 Å². The van der Waals surface area contributed by atoms with Gasteiger partial charge in [-0.2, -0.15) is 4.98 Å². The van der Waals surface area contributed by atoms with E-state index in [0.717, 1.165) is 12.8 Å². The molecule has 4 nitrogen and oxygen atoms in total. The molecule has 120 valence electrons. The Labute approximate surface area is 140 Å². The fourth-order valence-electron chi connectivity index (χ4n) is 3.42. The molecule has 2 aliphatic heterocycles. The van der Waals surface area contributed by atoms with Crippen LogP contribution in [0, 0.1) is 0 Å². The highest BCUT2D eigenvalue weighted by molar-refractivity contribution is 6.31. The molecule has 2 saturated heterocycles. The van der Waals surface area contributed by atoms with Crippen molar-refractivity contribution in [2.75, 3.05) is 0 Å². The Balaban J connectivity index is 1.48. The average molecular weight is 331 g/mol. The number of nitrogens with one attached hydrogen (secondary N) is 1. The maximum Gasteiger partial charge on any atom is 0.241 e. The number of hydrogen-bond donors (Lipinski definition) is 1. The fraction of sp³-hybridized carbons (Fsp3) is 0.389. The van der Waals surface area contributed by atoms with Crippen molar-refractivity contribution in [3.8, 4) is 17.5 Å². The summed E-state index contributed by atoms with van der Waals surface area (Å²) in [7, 11) is 0. The van der Waals surface area contributed by atoms with E-state index in [1.54, 1.807) is 6.07 Å². The van der Waals surface area contributed by atoms with Crippen LogP contribution < -0.4 is 14.8 Å². The van der Waals surface area contributed by atoms with E-state index in [0.29, 0.717) is 34.6 Å². The van der Waals surface area contributed by atoms with Gasteiger partial charge in [-0.05, 0) is 43.9 Å². The summed E-state index contributed by atoms with van der Waals surface area (Å²) in [6, 6.07) is 14.3. The van der Waals surface area contributed by atoms with Crippen molar-refractivity contribution in [2.24, 2.45) is 0 Å². The van der Waals surface area contributed by atoms with E-state index in [-0.39, 0.29) is 6.10 Å². The van der Waals surface area contributed by atoms with Gasteiger partial charge in [-0.1, -0.05) is 29.8 Å². The molecule has 1 N–H and O–H groups in total. The van der Waals surface area contributed by atoms with Crippen molar-refractivity contribution < 1.29 is 9.47 Å². The van der Waals surface area contributed by atoms with E-state index in [1.165, 1.54) is 12.8 Å². The molecule has 2 atom stereocenters. The summed E-state index contributed by atoms with van der Waals surface area (Å²) in [6.45, 7) is 0. The Bertz CT molecular complexity index is 668. The number of rotatable bonds is 4. The highest BCUT2D eigenvalue weighted by Gasteiger charge is 2.34. The molecule has 2 unspecified atom stereocenters. The average Bonchev–Trinajstić information content (AvgIpc) is 2.90. The molecular weight excluding hydrogens is 312 g/mol. The van der Waals surface area contributed by atoms with Gasteiger partial charge in [0.05, 0.1) is 0 Å². The second-order valence-electron chi connectivity index (χ2n) is 6.20. The zero-order valence-corrected chi connectivity index (χ0v) is 13.5. The van der Waals surface area contributed by atoms with Crippen molar-refractivity contribution in [3.63, 3.8) is 0 Å². The Kier molecular flexibility index (Phi) is 4.10. The molecule has 2 aromatic rings. The zero-order chi connectivity index (χ0) is 15.6. The summed E-state index contributed by atoms with van der Waals surface area (Å²) in [5, 5.41) is 4.09. The number of hydrogen-bond acceptors (Lipinski definition) is 4. The maximum atomic E-state index is 6.19. The molecule has 0 aliphatic carbocycles. The van der Waals surface area contributed by atoms with Crippen LogP contribution >= 0.6 is 11.6 Å². The molecule has 1 aromatic carbocycles. The SMILES string of the molecule is Clc1ccc(OC2CC3CCC(C2)N3)nc1Oc1ccccc1. The van der Waals surface area contributed by atoms with Crippen molar-refractivity contribution in [1.82, 2.24) is 10.3 Å². The summed E-state index contributed by atoms with van der Waals surface area (Å²) >= 11 is 6.19. The minimum atomic E-state index is 0.215. The van der Waals surface area contributed by atoms with Gasteiger partial charge in [-0.3, -0.25) is 0 Å². The monoisotopic (exact) mass is 330 g/mol. The molecule has 0 radical (unpaired) electrons. The summed E-state index contributed by atoms with van der Waals surface area (Å²) in [6.07, 6.45) is 4.79. The molecule has 2 bridgehead atoms. The van der Waals surface area contributed by atoms with Crippen LogP contribution in [-0.2, 0) is 0 Å². The van der Waals surface area contributed by atoms with E-state index in [1.807, 2.05) is 36.4 Å². The van der Waals surface area contributed by atoms with Crippen LogP contribution in [0.5, 0.6) is 17.5 Å². The Morgan fingerprint density at radius 3 is 2.48 bits per heavy atom. The minimum absolute atomic E-state index is 0.215. The first-order valence-corrected chi connectivity index (χ1v) is 8.46. The van der Waals surface area contributed by atoms with Crippen LogP contribution in [-0.4, -0.2) is 23.2 Å². The second kappa shape index (κ2) is 6.38. The molecule has 0 amide bonds. The van der Waals surface area contributed by atoms with Gasteiger partial charge in [0, 0.05) is 18.2 Å². The summed E-state index contributed by atoms with van der Waals surface area (Å²) in [4.78, 5) is 4.44. The molecule has 5 heteroatoms. The van der Waals surface area contributed by atoms with E-state index >= 15 is 0 Å². The number of fused-ring (bicyclic) bond motifs is 2. The third-order valence-corrected chi connectivity index (χ3v) is 4.75. The second-order valence-corrected chi connectivity index (χ2v) is 6.61. The number of piperidine rings is 1. The smallest absolute Gasteiger partial charge is 0.241 e. The lowest BCUT2D eigenvalue weighted by Crippen LogP contribution is -2.42. The predicted molar refractivity (Wildman–Crippen MR) is 89.4 cm³/mol. The van der Waals surface area contributed by atoms with E-state index in [4.69, 9.17) is 21.1 Å². The molecule has 23 heavy (non-hydrogen) atoms. The number of para-hydroxylation sites is 1. The van der Waals surface area contributed by atoms with E-state index in [9.17, 15) is 0 Å². The number of halogens is 1. The lowest BCUT2D eigenvalue weighted by Gasteiger charge is -2.29. The van der Waals surface area contributed by atoms with Gasteiger partial charge in [0.2, 0.25) is 11.8 Å². The Morgan fingerprint density at radius 1 is 1.00 bits per heavy atom. The molecule has 2 aliphatic rings. The summed E-state index contributed by atoms with van der Waals surface area (Å²) in [5.41, 5.74) is 0. The van der Waals surface area contributed by atoms with Crippen molar-refractivity contribution >= 4 is 11.6 Å². The van der Waals surface area contributed by atoms with Crippen LogP contribution in [0.25, 0.3) is 0 Å². The highest BCUT2D eigenvalue weighted by atomic mass is 35.5. The van der Waals surface area contributed by atoms with Crippen LogP contribution in [0.4, 0.5) is 0 Å². The Morgan fingerprint density at radius 2 is 1.74 bits per heavy atom. The van der Waals surface area contributed by atoms with Gasteiger partial charge >= 0.3 is 0 Å². The molecular formula is C18H19ClN2O2. The van der Waals surface area contributed by atoms with Gasteiger partial charge in [0.1, 0.15) is 16.9 Å². The van der Waals surface area contributed by atoms with Crippen LogP contribution in [0.15, 0.2) is 42.5 Å². The molecule has 3 heterocycles. The van der Waals surface area contributed by atoms with Gasteiger partial charge in [-0.15, -0.1) is 0 Å². The first kappa shape index (κ1) is 14.8. The van der Waals surface area contributed by atoms with Crippen LogP contribution in [0.1, 0.15) is 25.7 Å².